The van der Waals surface area contributed by atoms with Crippen molar-refractivity contribution in [3.05, 3.63) is 40.4 Å². The van der Waals surface area contributed by atoms with Crippen molar-refractivity contribution in [3.8, 4) is 5.75 Å². The van der Waals surface area contributed by atoms with E-state index in [1.165, 1.54) is 5.57 Å². The van der Waals surface area contributed by atoms with Gasteiger partial charge in [0.2, 0.25) is 0 Å². The summed E-state index contributed by atoms with van der Waals surface area (Å²) in [6.45, 7) is 9.57. The molecule has 4 heteroatoms. The Bertz CT molecular complexity index is 638. The molecule has 1 saturated heterocycles. The maximum atomic E-state index is 12.4. The van der Waals surface area contributed by atoms with Crippen molar-refractivity contribution in [2.24, 2.45) is 17.3 Å². The lowest BCUT2D eigenvalue weighted by Crippen LogP contribution is -2.31. The highest BCUT2D eigenvalue weighted by Crippen LogP contribution is 2.52. The van der Waals surface area contributed by atoms with Crippen LogP contribution in [-0.2, 0) is 16.0 Å². The van der Waals surface area contributed by atoms with Gasteiger partial charge in [-0.05, 0) is 58.8 Å². The van der Waals surface area contributed by atoms with E-state index in [4.69, 9.17) is 9.47 Å². The van der Waals surface area contributed by atoms with Crippen LogP contribution in [0.4, 0.5) is 0 Å². The average molecular weight is 379 g/mol. The zero-order valence-corrected chi connectivity index (χ0v) is 15.3. The number of fused-ring (bicyclic) bond motifs is 1. The molecule has 1 saturated carbocycles. The number of hydrogen-bond donors (Lipinski definition) is 0. The molecule has 2 unspecified atom stereocenters. The van der Waals surface area contributed by atoms with E-state index in [1.807, 2.05) is 6.07 Å². The summed E-state index contributed by atoms with van der Waals surface area (Å²) in [7, 11) is 0. The van der Waals surface area contributed by atoms with Gasteiger partial charge in [0.1, 0.15) is 5.75 Å². The summed E-state index contributed by atoms with van der Waals surface area (Å²) in [5, 5.41) is 0. The molecule has 1 aromatic carbocycles. The number of hydrogen-bond acceptors (Lipinski definition) is 3. The summed E-state index contributed by atoms with van der Waals surface area (Å²) in [5.74, 6) is 1.55. The van der Waals surface area contributed by atoms with Crippen molar-refractivity contribution in [1.82, 2.24) is 0 Å². The van der Waals surface area contributed by atoms with Gasteiger partial charge in [-0.2, -0.15) is 0 Å². The fourth-order valence-corrected chi connectivity index (χ4v) is 4.20. The third-order valence-electron chi connectivity index (χ3n) is 4.79. The average Bonchev–Trinajstić information content (AvgIpc) is 2.93. The summed E-state index contributed by atoms with van der Waals surface area (Å²) >= 11 is 3.59. The normalized spacial score (nSPS) is 26.5. The smallest absolute Gasteiger partial charge is 0.313 e. The molecule has 0 radical (unpaired) electrons. The zero-order chi connectivity index (χ0) is 16.6. The number of cyclic esters (lactones) is 1. The molecule has 1 aromatic rings. The Morgan fingerprint density at radius 1 is 1.48 bits per heavy atom. The minimum atomic E-state index is -0.406. The minimum absolute atomic E-state index is 0.0580. The Balaban J connectivity index is 1.79. The topological polar surface area (TPSA) is 35.5 Å². The first kappa shape index (κ1) is 16.6. The van der Waals surface area contributed by atoms with Gasteiger partial charge < -0.3 is 9.47 Å². The second kappa shape index (κ2) is 6.31. The van der Waals surface area contributed by atoms with Crippen LogP contribution in [0.3, 0.4) is 0 Å². The van der Waals surface area contributed by atoms with Crippen molar-refractivity contribution in [2.75, 3.05) is 13.2 Å². The summed E-state index contributed by atoms with van der Waals surface area (Å²) < 4.78 is 12.1. The largest absolute Gasteiger partial charge is 0.492 e. The summed E-state index contributed by atoms with van der Waals surface area (Å²) in [6.07, 6.45) is 2.36. The van der Waals surface area contributed by atoms with Gasteiger partial charge in [-0.3, -0.25) is 4.79 Å². The van der Waals surface area contributed by atoms with Crippen molar-refractivity contribution in [1.29, 1.82) is 0 Å². The minimum Gasteiger partial charge on any atom is -0.492 e. The highest BCUT2D eigenvalue weighted by molar-refractivity contribution is 9.10. The van der Waals surface area contributed by atoms with Crippen LogP contribution >= 0.6 is 15.9 Å². The lowest BCUT2D eigenvalue weighted by molar-refractivity contribution is -0.146. The third kappa shape index (κ3) is 3.18. The van der Waals surface area contributed by atoms with Gasteiger partial charge in [0.05, 0.1) is 23.1 Å². The Morgan fingerprint density at radius 3 is 2.96 bits per heavy atom. The van der Waals surface area contributed by atoms with E-state index in [0.717, 1.165) is 28.6 Å². The predicted octanol–water partition coefficient (Wildman–Crippen LogP) is 4.54. The van der Waals surface area contributed by atoms with Crippen LogP contribution < -0.4 is 4.74 Å². The molecule has 2 aliphatic rings. The van der Waals surface area contributed by atoms with Gasteiger partial charge in [-0.15, -0.1) is 0 Å². The lowest BCUT2D eigenvalue weighted by atomic mass is 9.75. The fourth-order valence-electron chi connectivity index (χ4n) is 3.65. The molecule has 0 N–H and O–H groups in total. The number of halogens is 1. The molecule has 3 nitrogen and oxygen atoms in total. The molecule has 124 valence electrons. The van der Waals surface area contributed by atoms with Crippen LogP contribution in [0.15, 0.2) is 34.8 Å². The molecular weight excluding hydrogens is 356 g/mol. The second-order valence-corrected chi connectivity index (χ2v) is 8.08. The molecule has 1 heterocycles. The molecular formula is C19H23BrO3. The van der Waals surface area contributed by atoms with E-state index < -0.39 is 5.41 Å². The third-order valence-corrected chi connectivity index (χ3v) is 5.41. The molecule has 0 bridgehead atoms. The Morgan fingerprint density at radius 2 is 2.26 bits per heavy atom. The van der Waals surface area contributed by atoms with Crippen molar-refractivity contribution in [2.45, 2.75) is 33.1 Å². The summed E-state index contributed by atoms with van der Waals surface area (Å²) in [6, 6.07) is 6.10. The molecule has 23 heavy (non-hydrogen) atoms. The van der Waals surface area contributed by atoms with E-state index in [2.05, 4.69) is 48.5 Å². The van der Waals surface area contributed by atoms with Gasteiger partial charge >= 0.3 is 5.97 Å². The first-order valence-corrected chi connectivity index (χ1v) is 8.95. The number of benzene rings is 1. The Kier molecular flexibility index (Phi) is 4.54. The highest BCUT2D eigenvalue weighted by Gasteiger charge is 2.55. The summed E-state index contributed by atoms with van der Waals surface area (Å²) in [4.78, 5) is 12.4. The molecule has 0 amide bonds. The first-order valence-electron chi connectivity index (χ1n) is 8.16. The van der Waals surface area contributed by atoms with E-state index in [-0.39, 0.29) is 11.9 Å². The van der Waals surface area contributed by atoms with Crippen LogP contribution in [0.5, 0.6) is 5.75 Å². The maximum absolute atomic E-state index is 12.4. The van der Waals surface area contributed by atoms with E-state index in [9.17, 15) is 4.79 Å². The van der Waals surface area contributed by atoms with E-state index >= 15 is 0 Å². The first-order chi connectivity index (χ1) is 10.9. The Labute approximate surface area is 146 Å². The molecule has 0 aromatic heterocycles. The molecule has 3 rings (SSSR count). The van der Waals surface area contributed by atoms with Crippen molar-refractivity contribution in [3.63, 3.8) is 0 Å². The SMILES string of the molecule is C=C1CC2COC(=O)C2(Cc2ccc(OCC(C)C)c(Br)c2)C1. The zero-order valence-electron chi connectivity index (χ0n) is 13.7. The van der Waals surface area contributed by atoms with Crippen LogP contribution in [0.1, 0.15) is 32.3 Å². The lowest BCUT2D eigenvalue weighted by Gasteiger charge is -2.24. The Hall–Kier alpha value is -1.29. The van der Waals surface area contributed by atoms with Gasteiger partial charge in [-0.1, -0.05) is 32.1 Å². The van der Waals surface area contributed by atoms with Crippen LogP contribution in [0.25, 0.3) is 0 Å². The number of rotatable bonds is 5. The number of ether oxygens (including phenoxy) is 2. The van der Waals surface area contributed by atoms with E-state index in [1.54, 1.807) is 0 Å². The number of esters is 1. The molecule has 1 aliphatic heterocycles. The molecule has 1 aliphatic carbocycles. The highest BCUT2D eigenvalue weighted by atomic mass is 79.9. The van der Waals surface area contributed by atoms with Crippen LogP contribution in [0, 0.1) is 17.3 Å². The van der Waals surface area contributed by atoms with E-state index in [0.29, 0.717) is 25.6 Å². The molecule has 0 spiro atoms. The van der Waals surface area contributed by atoms with Gasteiger partial charge in [-0.25, -0.2) is 0 Å². The molecule has 2 atom stereocenters. The summed E-state index contributed by atoms with van der Waals surface area (Å²) in [5.41, 5.74) is 1.89. The van der Waals surface area contributed by atoms with Crippen LogP contribution in [0.2, 0.25) is 0 Å². The van der Waals surface area contributed by atoms with Gasteiger partial charge in [0, 0.05) is 5.92 Å². The molecule has 2 fully saturated rings. The number of allylic oxidation sites excluding steroid dienone is 1. The standard InChI is InChI=1S/C19H23BrO3/c1-12(2)10-22-17-5-4-14(7-16(17)20)9-19-8-13(3)6-15(19)11-23-18(19)21/h4-5,7,12,15H,3,6,8-11H2,1-2H3. The fraction of sp³-hybridized carbons (Fsp3) is 0.526. The van der Waals surface area contributed by atoms with Gasteiger partial charge in [0.25, 0.3) is 0 Å². The maximum Gasteiger partial charge on any atom is 0.313 e. The predicted molar refractivity (Wildman–Crippen MR) is 93.4 cm³/mol. The monoisotopic (exact) mass is 378 g/mol. The quantitative estimate of drug-likeness (QED) is 0.557. The van der Waals surface area contributed by atoms with Crippen molar-refractivity contribution < 1.29 is 14.3 Å². The number of carbonyl (C=O) groups is 1. The van der Waals surface area contributed by atoms with Crippen molar-refractivity contribution >= 4 is 21.9 Å². The second-order valence-electron chi connectivity index (χ2n) is 7.23. The van der Waals surface area contributed by atoms with Crippen LogP contribution in [-0.4, -0.2) is 19.2 Å². The number of carbonyl (C=O) groups excluding carboxylic acids is 1. The van der Waals surface area contributed by atoms with Gasteiger partial charge in [0.15, 0.2) is 0 Å².